The van der Waals surface area contributed by atoms with E-state index in [4.69, 9.17) is 4.74 Å². The van der Waals surface area contributed by atoms with Crippen LogP contribution >= 0.6 is 0 Å². The van der Waals surface area contributed by atoms with Crippen molar-refractivity contribution in [3.63, 3.8) is 0 Å². The first-order valence-electron chi connectivity index (χ1n) is 13.0. The highest BCUT2D eigenvalue weighted by Gasteiger charge is 2.63. The summed E-state index contributed by atoms with van der Waals surface area (Å²) in [6.45, 7) is 2.88. The second-order valence-corrected chi connectivity index (χ2v) is 10.7. The number of likely N-dealkylation sites (tertiary alicyclic amines) is 1. The van der Waals surface area contributed by atoms with Gasteiger partial charge in [-0.1, -0.05) is 62.4 Å². The quantitative estimate of drug-likeness (QED) is 0.384. The predicted molar refractivity (Wildman–Crippen MR) is 140 cm³/mol. The molecule has 3 atom stereocenters. The Hall–Kier alpha value is -4.33. The normalized spacial score (nSPS) is 23.2. The lowest BCUT2D eigenvalue weighted by Crippen LogP contribution is -2.49. The molecule has 3 aromatic carbocycles. The maximum Gasteiger partial charge on any atom is 0.330 e. The maximum absolute atomic E-state index is 14.0. The molecule has 7 nitrogen and oxygen atoms in total. The number of amides is 3. The Kier molecular flexibility index (Phi) is 6.05. The molecular formula is C31H27FN2O5. The zero-order valence-electron chi connectivity index (χ0n) is 21.5. The van der Waals surface area contributed by atoms with E-state index in [1.807, 2.05) is 48.5 Å². The summed E-state index contributed by atoms with van der Waals surface area (Å²) in [5.74, 6) is -4.85. The van der Waals surface area contributed by atoms with E-state index in [0.717, 1.165) is 27.2 Å². The van der Waals surface area contributed by atoms with E-state index in [2.05, 4.69) is 5.32 Å². The molecule has 0 unspecified atom stereocenters. The number of hydrogen-bond donors (Lipinski definition) is 1. The number of nitrogens with zero attached hydrogens (tertiary/aromatic N) is 1. The average molecular weight is 527 g/mol. The number of imide groups is 1. The van der Waals surface area contributed by atoms with Gasteiger partial charge in [0.15, 0.2) is 6.61 Å². The van der Waals surface area contributed by atoms with E-state index in [1.165, 1.54) is 24.3 Å². The van der Waals surface area contributed by atoms with Crippen LogP contribution in [0.15, 0.2) is 72.8 Å². The van der Waals surface area contributed by atoms with Crippen LogP contribution in [0, 0.1) is 23.6 Å². The molecular weight excluding hydrogens is 499 g/mol. The Balaban J connectivity index is 1.26. The number of halogens is 1. The van der Waals surface area contributed by atoms with Crippen LogP contribution in [0.4, 0.5) is 10.1 Å². The molecule has 8 heteroatoms. The van der Waals surface area contributed by atoms with Gasteiger partial charge in [-0.15, -0.1) is 0 Å². The van der Waals surface area contributed by atoms with Crippen molar-refractivity contribution >= 4 is 29.4 Å². The van der Waals surface area contributed by atoms with Crippen LogP contribution in [0.3, 0.4) is 0 Å². The van der Waals surface area contributed by atoms with Crippen molar-refractivity contribution in [3.8, 4) is 0 Å². The van der Waals surface area contributed by atoms with Gasteiger partial charge in [-0.05, 0) is 52.4 Å². The smallest absolute Gasteiger partial charge is 0.330 e. The molecule has 0 radical (unpaired) electrons. The first kappa shape index (κ1) is 25.0. The second-order valence-electron chi connectivity index (χ2n) is 10.7. The summed E-state index contributed by atoms with van der Waals surface area (Å²) in [7, 11) is 0. The van der Waals surface area contributed by atoms with E-state index in [-0.39, 0.29) is 23.7 Å². The van der Waals surface area contributed by atoms with Crippen molar-refractivity contribution in [2.45, 2.75) is 31.7 Å². The Morgan fingerprint density at radius 2 is 1.28 bits per heavy atom. The third-order valence-electron chi connectivity index (χ3n) is 8.11. The number of carbonyl (C=O) groups is 4. The lowest BCUT2D eigenvalue weighted by Gasteiger charge is -2.45. The fourth-order valence-electron chi connectivity index (χ4n) is 6.60. The van der Waals surface area contributed by atoms with Crippen LogP contribution in [0.5, 0.6) is 0 Å². The molecule has 2 bridgehead atoms. The number of hydrogen-bond acceptors (Lipinski definition) is 5. The van der Waals surface area contributed by atoms with Crippen LogP contribution < -0.4 is 5.32 Å². The third-order valence-corrected chi connectivity index (χ3v) is 8.11. The topological polar surface area (TPSA) is 92.8 Å². The van der Waals surface area contributed by atoms with Gasteiger partial charge in [0, 0.05) is 17.5 Å². The molecule has 3 aliphatic carbocycles. The van der Waals surface area contributed by atoms with E-state index >= 15 is 0 Å². The minimum atomic E-state index is -1.17. The fourth-order valence-corrected chi connectivity index (χ4v) is 6.60. The molecule has 198 valence electrons. The summed E-state index contributed by atoms with van der Waals surface area (Å²) in [4.78, 5) is 54.8. The summed E-state index contributed by atoms with van der Waals surface area (Å²) >= 11 is 0. The number of rotatable bonds is 6. The summed E-state index contributed by atoms with van der Waals surface area (Å²) in [5, 5.41) is 2.53. The number of nitrogens with one attached hydrogen (secondary N) is 1. The first-order chi connectivity index (χ1) is 18.8. The predicted octanol–water partition coefficient (Wildman–Crippen LogP) is 4.22. The van der Waals surface area contributed by atoms with Crippen LogP contribution in [0.1, 0.15) is 47.9 Å². The van der Waals surface area contributed by atoms with Gasteiger partial charge < -0.3 is 10.1 Å². The van der Waals surface area contributed by atoms with Gasteiger partial charge in [0.25, 0.3) is 5.91 Å². The van der Waals surface area contributed by atoms with Gasteiger partial charge in [-0.3, -0.25) is 19.3 Å². The van der Waals surface area contributed by atoms with Gasteiger partial charge in [-0.25, -0.2) is 9.18 Å². The van der Waals surface area contributed by atoms with Gasteiger partial charge in [0.05, 0.1) is 11.8 Å². The number of carbonyl (C=O) groups excluding carboxylic acids is 4. The summed E-state index contributed by atoms with van der Waals surface area (Å²) in [5.41, 5.74) is 4.54. The Morgan fingerprint density at radius 1 is 0.821 bits per heavy atom. The van der Waals surface area contributed by atoms with E-state index in [1.54, 1.807) is 13.8 Å². The second kappa shape index (κ2) is 9.45. The molecule has 39 heavy (non-hydrogen) atoms. The van der Waals surface area contributed by atoms with Crippen molar-refractivity contribution in [2.24, 2.45) is 17.8 Å². The van der Waals surface area contributed by atoms with Crippen molar-refractivity contribution in [1.82, 2.24) is 4.90 Å². The number of ether oxygens (including phenoxy) is 1. The molecule has 3 amide bonds. The molecule has 4 aliphatic rings. The zero-order chi connectivity index (χ0) is 27.4. The molecule has 0 spiro atoms. The highest BCUT2D eigenvalue weighted by Crippen LogP contribution is 2.61. The molecule has 1 heterocycles. The van der Waals surface area contributed by atoms with Gasteiger partial charge in [0.2, 0.25) is 11.8 Å². The van der Waals surface area contributed by atoms with Crippen molar-refractivity contribution in [2.75, 3.05) is 11.9 Å². The molecule has 1 aliphatic heterocycles. The molecule has 3 aromatic rings. The monoisotopic (exact) mass is 526 g/mol. The van der Waals surface area contributed by atoms with Crippen molar-refractivity contribution in [3.05, 3.63) is 101 Å². The van der Waals surface area contributed by atoms with Gasteiger partial charge in [0.1, 0.15) is 11.9 Å². The largest absolute Gasteiger partial charge is 0.454 e. The summed E-state index contributed by atoms with van der Waals surface area (Å²) in [6.07, 6.45) is 0. The highest BCUT2D eigenvalue weighted by molar-refractivity contribution is 6.10. The SMILES string of the molecule is CC(C)[C@H](C(=O)OCC(=O)Nc1ccc(F)cc1)N1C(=O)[C@H]2C3c4ccccc4C(c4ccccc43)[C@@H]2C1=O. The van der Waals surface area contributed by atoms with Gasteiger partial charge in [-0.2, -0.15) is 0 Å². The summed E-state index contributed by atoms with van der Waals surface area (Å²) in [6, 6.07) is 19.9. The third kappa shape index (κ3) is 3.93. The van der Waals surface area contributed by atoms with Crippen LogP contribution in [-0.4, -0.2) is 41.2 Å². The van der Waals surface area contributed by atoms with E-state index in [9.17, 15) is 23.6 Å². The summed E-state index contributed by atoms with van der Waals surface area (Å²) < 4.78 is 18.4. The lowest BCUT2D eigenvalue weighted by atomic mass is 9.55. The number of anilines is 1. The Morgan fingerprint density at radius 3 is 1.72 bits per heavy atom. The molecule has 1 fully saturated rings. The maximum atomic E-state index is 14.0. The standard InChI is InChI=1S/C31H27FN2O5/c1-16(2)28(31(38)39-15-23(35)33-18-13-11-17(32)12-14-18)34-29(36)26-24-19-7-3-4-8-20(19)25(27(26)30(34)37)22-10-6-5-9-21(22)24/h3-14,16,24-28H,15H2,1-2H3,(H,33,35)/t24?,25?,26-,27-,28+/m0/s1. The van der Waals surface area contributed by atoms with Crippen LogP contribution in [0.25, 0.3) is 0 Å². The van der Waals surface area contributed by atoms with E-state index < -0.39 is 48.1 Å². The minimum Gasteiger partial charge on any atom is -0.454 e. The molecule has 7 rings (SSSR count). The van der Waals surface area contributed by atoms with Crippen LogP contribution in [0.2, 0.25) is 0 Å². The van der Waals surface area contributed by atoms with Crippen LogP contribution in [-0.2, 0) is 23.9 Å². The van der Waals surface area contributed by atoms with Gasteiger partial charge >= 0.3 is 5.97 Å². The molecule has 1 saturated heterocycles. The first-order valence-corrected chi connectivity index (χ1v) is 13.0. The molecule has 0 aromatic heterocycles. The Bertz CT molecular complexity index is 1390. The zero-order valence-corrected chi connectivity index (χ0v) is 21.5. The lowest BCUT2D eigenvalue weighted by molar-refractivity contribution is -0.162. The minimum absolute atomic E-state index is 0.279. The Labute approximate surface area is 225 Å². The van der Waals surface area contributed by atoms with Crippen molar-refractivity contribution < 1.29 is 28.3 Å². The fraction of sp³-hybridized carbons (Fsp3) is 0.290. The average Bonchev–Trinajstić information content (AvgIpc) is 3.19. The van der Waals surface area contributed by atoms with Crippen molar-refractivity contribution in [1.29, 1.82) is 0 Å². The number of benzene rings is 3. The molecule has 0 saturated carbocycles. The molecule has 1 N–H and O–H groups in total. The highest BCUT2D eigenvalue weighted by atomic mass is 19.1. The number of esters is 1. The van der Waals surface area contributed by atoms with E-state index in [0.29, 0.717) is 5.69 Å².